The number of benzene rings is 3. The number of nitrogens with one attached hydrogen (secondary N) is 1. The van der Waals surface area contributed by atoms with E-state index in [1.807, 2.05) is 59.8 Å². The van der Waals surface area contributed by atoms with E-state index in [4.69, 9.17) is 5.10 Å². The Labute approximate surface area is 233 Å². The largest absolute Gasteiger partial charge is 0.322 e. The van der Waals surface area contributed by atoms with Crippen LogP contribution in [-0.2, 0) is 6.54 Å². The van der Waals surface area contributed by atoms with Crippen LogP contribution in [0.2, 0.25) is 0 Å². The molecule has 1 aliphatic heterocycles. The number of thioether (sulfide) groups is 1. The molecule has 2 amide bonds. The zero-order chi connectivity index (χ0) is 27.1. The lowest BCUT2D eigenvalue weighted by Crippen LogP contribution is -2.38. The number of nitrogens with zero attached hydrogens (tertiary/aromatic N) is 4. The maximum absolute atomic E-state index is 14.2. The number of aromatic nitrogens is 3. The van der Waals surface area contributed by atoms with Crippen molar-refractivity contribution in [1.29, 1.82) is 0 Å². The standard InChI is InChI=1S/C32H31N5OS/c1-21-10-8-13-28(22(21)2)33-32(38)36-20-27-23(3)34-37(25-11-6-5-7-12-25)31(27)35-19-9-14-29(35)30(36)24-15-17-26(39-4)18-16-24/h5-19,30H,20H2,1-4H3,(H,33,38)/t30-/m1/s1. The SMILES string of the molecule is CSc1ccc([C@@H]2c3cccn3-c3c(c(C)nn3-c3ccccc3)CN2C(=O)Nc2cccc(C)c2C)cc1. The van der Waals surface area contributed by atoms with Crippen LogP contribution in [0.4, 0.5) is 10.5 Å². The number of aryl methyl sites for hydroxylation is 2. The molecule has 6 nitrogen and oxygen atoms in total. The Morgan fingerprint density at radius 1 is 0.923 bits per heavy atom. The molecule has 0 saturated carbocycles. The molecule has 0 bridgehead atoms. The fourth-order valence-electron chi connectivity index (χ4n) is 5.36. The van der Waals surface area contributed by atoms with E-state index in [0.29, 0.717) is 6.54 Å². The van der Waals surface area contributed by atoms with E-state index in [1.54, 1.807) is 11.8 Å². The maximum Gasteiger partial charge on any atom is 0.322 e. The Morgan fingerprint density at radius 2 is 1.69 bits per heavy atom. The van der Waals surface area contributed by atoms with Gasteiger partial charge in [0.1, 0.15) is 5.82 Å². The van der Waals surface area contributed by atoms with Gasteiger partial charge in [0.15, 0.2) is 0 Å². The van der Waals surface area contributed by atoms with Gasteiger partial charge in [-0.2, -0.15) is 5.10 Å². The monoisotopic (exact) mass is 533 g/mol. The summed E-state index contributed by atoms with van der Waals surface area (Å²) in [4.78, 5) is 17.3. The van der Waals surface area contributed by atoms with Gasteiger partial charge < -0.3 is 14.8 Å². The first-order valence-electron chi connectivity index (χ1n) is 13.1. The van der Waals surface area contributed by atoms with Crippen LogP contribution in [0, 0.1) is 20.8 Å². The zero-order valence-corrected chi connectivity index (χ0v) is 23.4. The van der Waals surface area contributed by atoms with Gasteiger partial charge in [-0.3, -0.25) is 0 Å². The van der Waals surface area contributed by atoms with Crippen molar-refractivity contribution in [3.8, 4) is 11.5 Å². The highest BCUT2D eigenvalue weighted by Crippen LogP contribution is 2.39. The molecule has 3 aromatic carbocycles. The summed E-state index contributed by atoms with van der Waals surface area (Å²) in [5.41, 5.74) is 8.02. The van der Waals surface area contributed by atoms with Crippen molar-refractivity contribution in [1.82, 2.24) is 19.2 Å². The summed E-state index contributed by atoms with van der Waals surface area (Å²) >= 11 is 1.71. The molecular weight excluding hydrogens is 502 g/mol. The Morgan fingerprint density at radius 3 is 2.44 bits per heavy atom. The molecule has 0 unspecified atom stereocenters. The fourth-order valence-corrected chi connectivity index (χ4v) is 5.77. The average Bonchev–Trinajstić information content (AvgIpc) is 3.52. The molecule has 5 aromatic rings. The number of carbonyl (C=O) groups is 1. The van der Waals surface area contributed by atoms with Gasteiger partial charge in [0.25, 0.3) is 0 Å². The Balaban J connectivity index is 1.53. The highest BCUT2D eigenvalue weighted by atomic mass is 32.2. The molecule has 1 N–H and O–H groups in total. The van der Waals surface area contributed by atoms with Gasteiger partial charge in [0.05, 0.1) is 29.7 Å². The summed E-state index contributed by atoms with van der Waals surface area (Å²) in [5.74, 6) is 0.964. The van der Waals surface area contributed by atoms with Crippen LogP contribution in [0.3, 0.4) is 0 Å². The minimum absolute atomic E-state index is 0.143. The van der Waals surface area contributed by atoms with Gasteiger partial charge in [-0.05, 0) is 86.2 Å². The quantitative estimate of drug-likeness (QED) is 0.244. The Hall–Kier alpha value is -4.23. The normalized spacial score (nSPS) is 14.5. The van der Waals surface area contributed by atoms with E-state index in [-0.39, 0.29) is 12.1 Å². The number of urea groups is 1. The molecule has 0 fully saturated rings. The molecule has 3 heterocycles. The van der Waals surface area contributed by atoms with Crippen molar-refractivity contribution in [3.63, 3.8) is 0 Å². The number of hydrogen-bond acceptors (Lipinski definition) is 3. The number of carbonyl (C=O) groups excluding carboxylic acids is 1. The van der Waals surface area contributed by atoms with E-state index in [1.165, 1.54) is 4.90 Å². The molecule has 2 aromatic heterocycles. The first kappa shape index (κ1) is 25.1. The Kier molecular flexibility index (Phi) is 6.53. The summed E-state index contributed by atoms with van der Waals surface area (Å²) in [7, 11) is 0. The van der Waals surface area contributed by atoms with Crippen molar-refractivity contribution in [2.24, 2.45) is 0 Å². The van der Waals surface area contributed by atoms with E-state index in [9.17, 15) is 4.79 Å². The van der Waals surface area contributed by atoms with Gasteiger partial charge in [-0.25, -0.2) is 9.48 Å². The maximum atomic E-state index is 14.2. The molecular formula is C32H31N5OS. The number of para-hydroxylation sites is 1. The van der Waals surface area contributed by atoms with Gasteiger partial charge in [0, 0.05) is 22.3 Å². The lowest BCUT2D eigenvalue weighted by atomic mass is 10.0. The molecule has 7 heteroatoms. The van der Waals surface area contributed by atoms with Crippen molar-refractivity contribution in [2.75, 3.05) is 11.6 Å². The predicted octanol–water partition coefficient (Wildman–Crippen LogP) is 7.45. The zero-order valence-electron chi connectivity index (χ0n) is 22.6. The lowest BCUT2D eigenvalue weighted by Gasteiger charge is -2.31. The van der Waals surface area contributed by atoms with Crippen LogP contribution in [0.15, 0.2) is 96.0 Å². The molecule has 0 radical (unpaired) electrons. The van der Waals surface area contributed by atoms with E-state index < -0.39 is 0 Å². The summed E-state index contributed by atoms with van der Waals surface area (Å²) in [6.45, 7) is 6.55. The van der Waals surface area contributed by atoms with Crippen LogP contribution >= 0.6 is 11.8 Å². The third kappa shape index (κ3) is 4.42. The number of fused-ring (bicyclic) bond motifs is 3. The number of hydrogen-bond donors (Lipinski definition) is 1. The van der Waals surface area contributed by atoms with E-state index in [2.05, 4.69) is 77.8 Å². The third-order valence-corrected chi connectivity index (χ3v) is 8.37. The third-order valence-electron chi connectivity index (χ3n) is 7.63. The molecule has 6 rings (SSSR count). The summed E-state index contributed by atoms with van der Waals surface area (Å²) in [6.07, 6.45) is 4.15. The highest BCUT2D eigenvalue weighted by Gasteiger charge is 2.36. The number of anilines is 1. The van der Waals surface area contributed by atoms with Crippen LogP contribution in [0.25, 0.3) is 11.5 Å². The smallest absolute Gasteiger partial charge is 0.308 e. The predicted molar refractivity (Wildman–Crippen MR) is 158 cm³/mol. The van der Waals surface area contributed by atoms with Crippen molar-refractivity contribution >= 4 is 23.5 Å². The second-order valence-electron chi connectivity index (χ2n) is 9.92. The molecule has 0 spiro atoms. The van der Waals surface area contributed by atoms with Crippen LogP contribution < -0.4 is 5.32 Å². The molecule has 1 atom stereocenters. The molecule has 196 valence electrons. The summed E-state index contributed by atoms with van der Waals surface area (Å²) < 4.78 is 4.19. The molecule has 0 aliphatic carbocycles. The second-order valence-corrected chi connectivity index (χ2v) is 10.8. The molecule has 39 heavy (non-hydrogen) atoms. The number of amides is 2. The number of rotatable bonds is 4. The summed E-state index contributed by atoms with van der Waals surface area (Å²) in [6, 6.07) is 28.4. The minimum atomic E-state index is -0.294. The van der Waals surface area contributed by atoms with Crippen molar-refractivity contribution in [2.45, 2.75) is 38.3 Å². The van der Waals surface area contributed by atoms with Gasteiger partial charge in [0.2, 0.25) is 0 Å². The van der Waals surface area contributed by atoms with Gasteiger partial charge in [-0.1, -0.05) is 42.5 Å². The summed E-state index contributed by atoms with van der Waals surface area (Å²) in [5, 5.41) is 8.17. The van der Waals surface area contributed by atoms with Crippen LogP contribution in [0.5, 0.6) is 0 Å². The molecule has 1 aliphatic rings. The van der Waals surface area contributed by atoms with Crippen molar-refractivity contribution < 1.29 is 4.79 Å². The first-order chi connectivity index (χ1) is 19.0. The average molecular weight is 534 g/mol. The fraction of sp³-hybridized carbons (Fsp3) is 0.188. The van der Waals surface area contributed by atoms with Gasteiger partial charge >= 0.3 is 6.03 Å². The van der Waals surface area contributed by atoms with Crippen LogP contribution in [0.1, 0.15) is 39.7 Å². The van der Waals surface area contributed by atoms with E-state index >= 15 is 0 Å². The first-order valence-corrected chi connectivity index (χ1v) is 14.3. The van der Waals surface area contributed by atoms with Gasteiger partial charge in [-0.15, -0.1) is 11.8 Å². The van der Waals surface area contributed by atoms with Crippen LogP contribution in [-0.4, -0.2) is 31.5 Å². The highest BCUT2D eigenvalue weighted by molar-refractivity contribution is 7.98. The van der Waals surface area contributed by atoms with Crippen molar-refractivity contribution in [3.05, 3.63) is 125 Å². The Bertz CT molecular complexity index is 1650. The van der Waals surface area contributed by atoms with E-state index in [0.717, 1.165) is 50.8 Å². The second kappa shape index (κ2) is 10.2. The molecule has 0 saturated heterocycles. The minimum Gasteiger partial charge on any atom is -0.308 e. The lowest BCUT2D eigenvalue weighted by molar-refractivity contribution is 0.194. The topological polar surface area (TPSA) is 55.1 Å².